The second-order valence-electron chi connectivity index (χ2n) is 6.12. The van der Waals surface area contributed by atoms with Crippen LogP contribution >= 0.6 is 11.6 Å². The number of benzene rings is 2. The van der Waals surface area contributed by atoms with Crippen molar-refractivity contribution in [3.63, 3.8) is 0 Å². The standard InChI is InChI=1S/C21H20ClNO4S/c1-26-17-8-6-15(7-9-17)12-23-21(24)20-11-10-18(27-20)14-28(25)13-16-4-2-3-5-19(16)22/h2-11H,12-14H2,1H3,(H,23,24). The van der Waals surface area contributed by atoms with Gasteiger partial charge in [-0.25, -0.2) is 0 Å². The first-order valence-corrected chi connectivity index (χ1v) is 10.5. The van der Waals surface area contributed by atoms with Crippen LogP contribution in [0.2, 0.25) is 5.02 Å². The van der Waals surface area contributed by atoms with Gasteiger partial charge in [0.05, 0.1) is 18.6 Å². The van der Waals surface area contributed by atoms with Gasteiger partial charge >= 0.3 is 0 Å². The molecule has 3 rings (SSSR count). The monoisotopic (exact) mass is 417 g/mol. The van der Waals surface area contributed by atoms with E-state index in [4.69, 9.17) is 20.8 Å². The number of carbonyl (C=O) groups excluding carboxylic acids is 1. The molecule has 2 aromatic carbocycles. The summed E-state index contributed by atoms with van der Waals surface area (Å²) in [6, 6.07) is 18.0. The van der Waals surface area contributed by atoms with E-state index >= 15 is 0 Å². The van der Waals surface area contributed by atoms with Gasteiger partial charge in [0.15, 0.2) is 5.76 Å². The number of amides is 1. The summed E-state index contributed by atoms with van der Waals surface area (Å²) in [7, 11) is 0.413. The number of hydrogen-bond donors (Lipinski definition) is 1. The molecule has 0 fully saturated rings. The van der Waals surface area contributed by atoms with E-state index < -0.39 is 10.8 Å². The summed E-state index contributed by atoms with van der Waals surface area (Å²) in [5.74, 6) is 1.68. The van der Waals surface area contributed by atoms with Gasteiger partial charge in [0.25, 0.3) is 5.91 Å². The van der Waals surface area contributed by atoms with Crippen molar-refractivity contribution in [3.8, 4) is 5.75 Å². The molecular formula is C21H20ClNO4S. The predicted octanol–water partition coefficient (Wildman–Crippen LogP) is 4.32. The Bertz CT molecular complexity index is 969. The molecule has 0 radical (unpaired) electrons. The summed E-state index contributed by atoms with van der Waals surface area (Å²) in [5.41, 5.74) is 1.77. The van der Waals surface area contributed by atoms with Gasteiger partial charge in [0.2, 0.25) is 0 Å². The van der Waals surface area contributed by atoms with E-state index in [1.54, 1.807) is 25.3 Å². The molecule has 0 aliphatic heterocycles. The van der Waals surface area contributed by atoms with Gasteiger partial charge in [0, 0.05) is 22.4 Å². The smallest absolute Gasteiger partial charge is 0.287 e. The van der Waals surface area contributed by atoms with Crippen molar-refractivity contribution in [2.24, 2.45) is 0 Å². The number of nitrogens with one attached hydrogen (secondary N) is 1. The van der Waals surface area contributed by atoms with Crippen LogP contribution in [-0.4, -0.2) is 17.2 Å². The lowest BCUT2D eigenvalue weighted by Crippen LogP contribution is -2.22. The summed E-state index contributed by atoms with van der Waals surface area (Å²) in [6.07, 6.45) is 0. The fourth-order valence-corrected chi connectivity index (χ4v) is 4.04. The number of hydrogen-bond acceptors (Lipinski definition) is 4. The van der Waals surface area contributed by atoms with Crippen LogP contribution in [0.3, 0.4) is 0 Å². The van der Waals surface area contributed by atoms with Crippen LogP contribution in [0.1, 0.15) is 27.4 Å². The first kappa shape index (κ1) is 20.2. The molecule has 1 amide bonds. The summed E-state index contributed by atoms with van der Waals surface area (Å²) >= 11 is 6.10. The minimum Gasteiger partial charge on any atom is -0.497 e. The number of furan rings is 1. The van der Waals surface area contributed by atoms with E-state index in [2.05, 4.69) is 5.32 Å². The maximum Gasteiger partial charge on any atom is 0.287 e. The maximum absolute atomic E-state index is 12.4. The van der Waals surface area contributed by atoms with Crippen LogP contribution in [0.4, 0.5) is 0 Å². The highest BCUT2D eigenvalue weighted by atomic mass is 35.5. The van der Waals surface area contributed by atoms with Crippen LogP contribution < -0.4 is 10.1 Å². The maximum atomic E-state index is 12.4. The molecule has 1 atom stereocenters. The molecule has 0 saturated carbocycles. The zero-order chi connectivity index (χ0) is 19.9. The normalized spacial score (nSPS) is 11.8. The molecule has 1 heterocycles. The lowest BCUT2D eigenvalue weighted by Gasteiger charge is -2.05. The average Bonchev–Trinajstić information content (AvgIpc) is 3.16. The summed E-state index contributed by atoms with van der Waals surface area (Å²) in [4.78, 5) is 12.3. The van der Waals surface area contributed by atoms with Gasteiger partial charge in [-0.1, -0.05) is 41.9 Å². The molecule has 0 bridgehead atoms. The van der Waals surface area contributed by atoms with E-state index in [0.29, 0.717) is 23.1 Å². The number of rotatable bonds is 8. The van der Waals surface area contributed by atoms with Crippen molar-refractivity contribution in [2.75, 3.05) is 7.11 Å². The predicted molar refractivity (Wildman–Crippen MR) is 110 cm³/mol. The van der Waals surface area contributed by atoms with Crippen LogP contribution in [0, 0.1) is 0 Å². The third-order valence-corrected chi connectivity index (χ3v) is 5.68. The minimum absolute atomic E-state index is 0.193. The second kappa shape index (κ2) is 9.57. The molecule has 7 heteroatoms. The topological polar surface area (TPSA) is 68.5 Å². The molecule has 1 aromatic heterocycles. The lowest BCUT2D eigenvalue weighted by atomic mass is 10.2. The molecular weight excluding hydrogens is 398 g/mol. The molecule has 28 heavy (non-hydrogen) atoms. The molecule has 5 nitrogen and oxygen atoms in total. The quantitative estimate of drug-likeness (QED) is 0.592. The van der Waals surface area contributed by atoms with Gasteiger partial charge in [-0.3, -0.25) is 9.00 Å². The molecule has 0 saturated heterocycles. The molecule has 3 aromatic rings. The minimum atomic E-state index is -1.19. The highest BCUT2D eigenvalue weighted by Gasteiger charge is 2.13. The Hall–Kier alpha value is -2.57. The summed E-state index contributed by atoms with van der Waals surface area (Å²) in [6.45, 7) is 0.372. The van der Waals surface area contributed by atoms with Crippen LogP contribution in [0.5, 0.6) is 5.75 Å². The Morgan fingerprint density at radius 1 is 1.07 bits per heavy atom. The number of ether oxygens (including phenoxy) is 1. The highest BCUT2D eigenvalue weighted by Crippen LogP contribution is 2.19. The average molecular weight is 418 g/mol. The Balaban J connectivity index is 1.53. The fraction of sp³-hybridized carbons (Fsp3) is 0.190. The zero-order valence-corrected chi connectivity index (χ0v) is 16.9. The Morgan fingerprint density at radius 2 is 1.82 bits per heavy atom. The SMILES string of the molecule is COc1ccc(CNC(=O)c2ccc(CS(=O)Cc3ccccc3Cl)o2)cc1. The van der Waals surface area contributed by atoms with Crippen LogP contribution in [-0.2, 0) is 28.9 Å². The van der Waals surface area contributed by atoms with E-state index in [1.165, 1.54) is 0 Å². The van der Waals surface area contributed by atoms with Gasteiger partial charge in [-0.15, -0.1) is 0 Å². The molecule has 0 spiro atoms. The van der Waals surface area contributed by atoms with Gasteiger partial charge in [-0.05, 0) is 41.5 Å². The van der Waals surface area contributed by atoms with E-state index in [9.17, 15) is 9.00 Å². The number of methoxy groups -OCH3 is 1. The second-order valence-corrected chi connectivity index (χ2v) is 7.98. The van der Waals surface area contributed by atoms with E-state index in [-0.39, 0.29) is 17.4 Å². The van der Waals surface area contributed by atoms with Crippen molar-refractivity contribution < 1.29 is 18.2 Å². The Morgan fingerprint density at radius 3 is 2.54 bits per heavy atom. The third kappa shape index (κ3) is 5.47. The zero-order valence-electron chi connectivity index (χ0n) is 15.3. The van der Waals surface area contributed by atoms with Crippen molar-refractivity contribution in [1.29, 1.82) is 0 Å². The van der Waals surface area contributed by atoms with Crippen molar-refractivity contribution in [2.45, 2.75) is 18.1 Å². The van der Waals surface area contributed by atoms with E-state index in [1.807, 2.05) is 42.5 Å². The summed E-state index contributed by atoms with van der Waals surface area (Å²) < 4.78 is 23.0. The number of carbonyl (C=O) groups is 1. The highest BCUT2D eigenvalue weighted by molar-refractivity contribution is 7.83. The Kier molecular flexibility index (Phi) is 6.90. The van der Waals surface area contributed by atoms with E-state index in [0.717, 1.165) is 16.9 Å². The van der Waals surface area contributed by atoms with Crippen LogP contribution in [0.25, 0.3) is 0 Å². The van der Waals surface area contributed by atoms with Crippen molar-refractivity contribution in [1.82, 2.24) is 5.32 Å². The summed E-state index contributed by atoms with van der Waals surface area (Å²) in [5, 5.41) is 3.39. The van der Waals surface area contributed by atoms with Gasteiger partial charge in [0.1, 0.15) is 11.5 Å². The van der Waals surface area contributed by atoms with Gasteiger partial charge in [-0.2, -0.15) is 0 Å². The first-order chi connectivity index (χ1) is 13.5. The third-order valence-electron chi connectivity index (χ3n) is 4.08. The number of halogens is 1. The van der Waals surface area contributed by atoms with Crippen molar-refractivity contribution >= 4 is 28.3 Å². The largest absolute Gasteiger partial charge is 0.497 e. The van der Waals surface area contributed by atoms with Gasteiger partial charge < -0.3 is 14.5 Å². The fourth-order valence-electron chi connectivity index (χ4n) is 2.59. The molecule has 1 N–H and O–H groups in total. The molecule has 0 aliphatic carbocycles. The van der Waals surface area contributed by atoms with Crippen molar-refractivity contribution in [3.05, 3.63) is 88.3 Å². The molecule has 0 aliphatic rings. The first-order valence-electron chi connectivity index (χ1n) is 8.63. The van der Waals surface area contributed by atoms with Crippen LogP contribution in [0.15, 0.2) is 65.1 Å². The molecule has 1 unspecified atom stereocenters. The lowest BCUT2D eigenvalue weighted by molar-refractivity contribution is 0.0921. The molecule has 146 valence electrons. The Labute approximate surface area is 171 Å².